The van der Waals surface area contributed by atoms with Crippen molar-refractivity contribution in [1.29, 1.82) is 0 Å². The summed E-state index contributed by atoms with van der Waals surface area (Å²) >= 11 is 0. The lowest BCUT2D eigenvalue weighted by atomic mass is 10.0. The summed E-state index contributed by atoms with van der Waals surface area (Å²) in [4.78, 5) is 24.4. The third kappa shape index (κ3) is 7.94. The molecule has 3 aromatic rings. The maximum Gasteiger partial charge on any atom is 0.416 e. The standard InChI is InChI=1S/C29H40N4O2/c1-20(2)18-30-26-17-27(33(19-21(3)4)28(34)35-29(5,6)7)32-25(31-26)16-15-23-13-10-12-22-11-8-9-14-24(22)23/h8-14,17,20-21H,15-16,18-19H2,1-7H3,(H,30,31,32). The summed E-state index contributed by atoms with van der Waals surface area (Å²) in [6, 6.07) is 16.7. The molecular weight excluding hydrogens is 436 g/mol. The highest BCUT2D eigenvalue weighted by molar-refractivity contribution is 5.87. The second-order valence-corrected chi connectivity index (χ2v) is 10.9. The Kier molecular flexibility index (Phi) is 8.71. The number of aryl methyl sites for hydroxylation is 2. The molecule has 1 heterocycles. The fourth-order valence-corrected chi connectivity index (χ4v) is 3.83. The van der Waals surface area contributed by atoms with Crippen molar-refractivity contribution >= 4 is 28.5 Å². The summed E-state index contributed by atoms with van der Waals surface area (Å²) in [5.41, 5.74) is 0.676. The van der Waals surface area contributed by atoms with Crippen LogP contribution in [0, 0.1) is 11.8 Å². The van der Waals surface area contributed by atoms with Gasteiger partial charge in [-0.3, -0.25) is 4.90 Å². The van der Waals surface area contributed by atoms with E-state index in [2.05, 4.69) is 75.5 Å². The third-order valence-electron chi connectivity index (χ3n) is 5.39. The number of ether oxygens (including phenoxy) is 1. The van der Waals surface area contributed by atoms with Gasteiger partial charge in [-0.2, -0.15) is 0 Å². The van der Waals surface area contributed by atoms with Gasteiger partial charge in [-0.15, -0.1) is 0 Å². The number of carbonyl (C=O) groups excluding carboxylic acids is 1. The first-order valence-electron chi connectivity index (χ1n) is 12.6. The quantitative estimate of drug-likeness (QED) is 0.365. The van der Waals surface area contributed by atoms with Crippen LogP contribution in [0.3, 0.4) is 0 Å². The summed E-state index contributed by atoms with van der Waals surface area (Å²) in [6.45, 7) is 15.4. The molecule has 0 saturated heterocycles. The number of fused-ring (bicyclic) bond motifs is 1. The number of amides is 1. The molecule has 0 aliphatic rings. The van der Waals surface area contributed by atoms with Crippen LogP contribution >= 0.6 is 0 Å². The van der Waals surface area contributed by atoms with Crippen molar-refractivity contribution in [3.8, 4) is 0 Å². The lowest BCUT2D eigenvalue weighted by Crippen LogP contribution is -2.39. The number of carbonyl (C=O) groups is 1. The van der Waals surface area contributed by atoms with Gasteiger partial charge in [0.25, 0.3) is 0 Å². The summed E-state index contributed by atoms with van der Waals surface area (Å²) < 4.78 is 5.72. The lowest BCUT2D eigenvalue weighted by Gasteiger charge is -2.28. The molecule has 2 aromatic carbocycles. The fraction of sp³-hybridized carbons (Fsp3) is 0.483. The van der Waals surface area contributed by atoms with Crippen molar-refractivity contribution in [2.45, 2.75) is 66.9 Å². The number of hydrogen-bond acceptors (Lipinski definition) is 5. The van der Waals surface area contributed by atoms with Gasteiger partial charge in [-0.05, 0) is 55.4 Å². The highest BCUT2D eigenvalue weighted by Gasteiger charge is 2.26. The number of benzene rings is 2. The zero-order chi connectivity index (χ0) is 25.6. The van der Waals surface area contributed by atoms with E-state index in [0.717, 1.165) is 18.8 Å². The van der Waals surface area contributed by atoms with E-state index in [9.17, 15) is 4.79 Å². The number of hydrogen-bond donors (Lipinski definition) is 1. The summed E-state index contributed by atoms with van der Waals surface area (Å²) in [7, 11) is 0. The minimum Gasteiger partial charge on any atom is -0.443 e. The zero-order valence-electron chi connectivity index (χ0n) is 22.3. The molecule has 1 amide bonds. The molecule has 0 aliphatic heterocycles. The minimum atomic E-state index is -0.588. The summed E-state index contributed by atoms with van der Waals surface area (Å²) in [5.74, 6) is 2.73. The van der Waals surface area contributed by atoms with Crippen LogP contribution in [-0.4, -0.2) is 34.8 Å². The largest absolute Gasteiger partial charge is 0.443 e. The summed E-state index contributed by atoms with van der Waals surface area (Å²) in [6.07, 6.45) is 1.09. The number of rotatable bonds is 9. The first-order valence-corrected chi connectivity index (χ1v) is 12.6. The molecule has 0 radical (unpaired) electrons. The fourth-order valence-electron chi connectivity index (χ4n) is 3.83. The van der Waals surface area contributed by atoms with Gasteiger partial charge in [0, 0.05) is 25.6 Å². The number of nitrogens with one attached hydrogen (secondary N) is 1. The first kappa shape index (κ1) is 26.5. The van der Waals surface area contributed by atoms with Gasteiger partial charge in [0.1, 0.15) is 23.1 Å². The molecule has 1 aromatic heterocycles. The van der Waals surface area contributed by atoms with Crippen molar-refractivity contribution in [3.63, 3.8) is 0 Å². The molecule has 3 rings (SSSR count). The number of nitrogens with zero attached hydrogens (tertiary/aromatic N) is 3. The molecule has 0 saturated carbocycles. The van der Waals surface area contributed by atoms with Crippen LogP contribution in [0.4, 0.5) is 16.4 Å². The molecule has 0 spiro atoms. The van der Waals surface area contributed by atoms with Crippen molar-refractivity contribution in [2.75, 3.05) is 23.3 Å². The van der Waals surface area contributed by atoms with Gasteiger partial charge in [-0.25, -0.2) is 14.8 Å². The second kappa shape index (κ2) is 11.5. The Morgan fingerprint density at radius 3 is 2.37 bits per heavy atom. The van der Waals surface area contributed by atoms with Crippen LogP contribution in [0.15, 0.2) is 48.5 Å². The summed E-state index contributed by atoms with van der Waals surface area (Å²) in [5, 5.41) is 5.90. The van der Waals surface area contributed by atoms with E-state index in [4.69, 9.17) is 14.7 Å². The normalized spacial score (nSPS) is 11.8. The Morgan fingerprint density at radius 1 is 0.971 bits per heavy atom. The zero-order valence-corrected chi connectivity index (χ0v) is 22.3. The van der Waals surface area contributed by atoms with Crippen LogP contribution in [0.5, 0.6) is 0 Å². The SMILES string of the molecule is CC(C)CNc1cc(N(CC(C)C)C(=O)OC(C)(C)C)nc(CCc2cccc3ccccc23)n1. The van der Waals surface area contributed by atoms with Crippen molar-refractivity contribution < 1.29 is 9.53 Å². The van der Waals surface area contributed by atoms with Gasteiger partial charge in [-0.1, -0.05) is 70.2 Å². The lowest BCUT2D eigenvalue weighted by molar-refractivity contribution is 0.0575. The third-order valence-corrected chi connectivity index (χ3v) is 5.39. The Hall–Kier alpha value is -3.15. The van der Waals surface area contributed by atoms with E-state index in [1.807, 2.05) is 26.8 Å². The van der Waals surface area contributed by atoms with Crippen LogP contribution in [-0.2, 0) is 17.6 Å². The van der Waals surface area contributed by atoms with E-state index in [0.29, 0.717) is 30.5 Å². The van der Waals surface area contributed by atoms with Crippen LogP contribution in [0.25, 0.3) is 10.8 Å². The van der Waals surface area contributed by atoms with E-state index >= 15 is 0 Å². The average molecular weight is 477 g/mol. The monoisotopic (exact) mass is 476 g/mol. The number of aromatic nitrogens is 2. The van der Waals surface area contributed by atoms with Gasteiger partial charge in [0.15, 0.2) is 0 Å². The molecule has 1 N–H and O–H groups in total. The predicted octanol–water partition coefficient (Wildman–Crippen LogP) is 6.88. The predicted molar refractivity (Wildman–Crippen MR) is 145 cm³/mol. The van der Waals surface area contributed by atoms with E-state index in [1.54, 1.807) is 4.90 Å². The smallest absolute Gasteiger partial charge is 0.416 e. The van der Waals surface area contributed by atoms with E-state index in [1.165, 1.54) is 16.3 Å². The number of anilines is 2. The first-order chi connectivity index (χ1) is 16.5. The van der Waals surface area contributed by atoms with Crippen LogP contribution in [0.1, 0.15) is 59.9 Å². The molecule has 0 atom stereocenters. The molecule has 0 bridgehead atoms. The van der Waals surface area contributed by atoms with Gasteiger partial charge >= 0.3 is 6.09 Å². The van der Waals surface area contributed by atoms with Crippen molar-refractivity contribution in [2.24, 2.45) is 11.8 Å². The Morgan fingerprint density at radius 2 is 1.69 bits per heavy atom. The van der Waals surface area contributed by atoms with Gasteiger partial charge in [0.2, 0.25) is 0 Å². The van der Waals surface area contributed by atoms with Gasteiger partial charge < -0.3 is 10.1 Å². The highest BCUT2D eigenvalue weighted by Crippen LogP contribution is 2.23. The Bertz CT molecular complexity index is 1130. The van der Waals surface area contributed by atoms with Crippen molar-refractivity contribution in [3.05, 3.63) is 59.9 Å². The Labute approximate surface area is 210 Å². The van der Waals surface area contributed by atoms with Crippen LogP contribution in [0.2, 0.25) is 0 Å². The second-order valence-electron chi connectivity index (χ2n) is 10.9. The Balaban J connectivity index is 1.94. The maximum absolute atomic E-state index is 13.1. The molecule has 0 unspecified atom stereocenters. The average Bonchev–Trinajstić information content (AvgIpc) is 2.78. The molecular formula is C29H40N4O2. The maximum atomic E-state index is 13.1. The molecule has 35 heavy (non-hydrogen) atoms. The molecule has 6 nitrogen and oxygen atoms in total. The van der Waals surface area contributed by atoms with Crippen molar-refractivity contribution in [1.82, 2.24) is 9.97 Å². The van der Waals surface area contributed by atoms with Crippen LogP contribution < -0.4 is 10.2 Å². The molecule has 0 fully saturated rings. The highest BCUT2D eigenvalue weighted by atomic mass is 16.6. The molecule has 6 heteroatoms. The minimum absolute atomic E-state index is 0.253. The van der Waals surface area contributed by atoms with Gasteiger partial charge in [0.05, 0.1) is 0 Å². The van der Waals surface area contributed by atoms with E-state index in [-0.39, 0.29) is 12.0 Å². The molecule has 188 valence electrons. The topological polar surface area (TPSA) is 67.4 Å². The molecule has 0 aliphatic carbocycles. The van der Waals surface area contributed by atoms with E-state index < -0.39 is 5.60 Å².